The molecule has 0 atom stereocenters. The van der Waals surface area contributed by atoms with Crippen molar-refractivity contribution in [3.8, 4) is 0 Å². The Morgan fingerprint density at radius 1 is 1.50 bits per heavy atom. The van der Waals surface area contributed by atoms with Gasteiger partial charge in [-0.3, -0.25) is 4.98 Å². The molecule has 0 spiro atoms. The lowest BCUT2D eigenvalue weighted by atomic mass is 10.4. The molecule has 0 saturated carbocycles. The minimum atomic E-state index is 0.653. The van der Waals surface area contributed by atoms with Gasteiger partial charge in [0.1, 0.15) is 0 Å². The van der Waals surface area contributed by atoms with Crippen LogP contribution in [-0.4, -0.2) is 16.2 Å². The highest BCUT2D eigenvalue weighted by Crippen LogP contribution is 2.10. The van der Waals surface area contributed by atoms with E-state index in [4.69, 9.17) is 0 Å². The third-order valence-corrected chi connectivity index (χ3v) is 1.34. The summed E-state index contributed by atoms with van der Waals surface area (Å²) in [6.45, 7) is 7.31. The summed E-state index contributed by atoms with van der Waals surface area (Å²) in [6.07, 6.45) is 4.91. The molecule has 1 aromatic heterocycles. The summed E-state index contributed by atoms with van der Waals surface area (Å²) in [6, 6.07) is 0. The number of aromatic nitrogens is 2. The Morgan fingerprint density at radius 3 is 2.83 bits per heavy atom. The SMILES string of the molecule is C=CC=Nc1ncc(C)nc1C. The normalized spacial score (nSPS) is 10.5. The molecule has 0 aromatic carbocycles. The Bertz CT molecular complexity index is 316. The second-order valence-electron chi connectivity index (χ2n) is 2.43. The molecule has 0 unspecified atom stereocenters. The van der Waals surface area contributed by atoms with Crippen LogP contribution in [0.3, 0.4) is 0 Å². The van der Waals surface area contributed by atoms with E-state index in [0.29, 0.717) is 5.82 Å². The van der Waals surface area contributed by atoms with E-state index >= 15 is 0 Å². The molecule has 1 rings (SSSR count). The zero-order chi connectivity index (χ0) is 8.97. The number of aryl methyl sites for hydroxylation is 2. The minimum Gasteiger partial charge on any atom is -0.253 e. The molecule has 1 heterocycles. The van der Waals surface area contributed by atoms with Crippen LogP contribution in [0.4, 0.5) is 5.82 Å². The number of aliphatic imine (C=N–C) groups is 1. The second-order valence-corrected chi connectivity index (χ2v) is 2.43. The first-order valence-corrected chi connectivity index (χ1v) is 3.69. The predicted octanol–water partition coefficient (Wildman–Crippen LogP) is 1.98. The van der Waals surface area contributed by atoms with Crippen LogP contribution < -0.4 is 0 Å². The standard InChI is InChI=1S/C9H11N3/c1-4-5-10-9-8(3)12-7(2)6-11-9/h4-6H,1H2,2-3H3. The maximum atomic E-state index is 4.22. The zero-order valence-corrected chi connectivity index (χ0v) is 7.28. The summed E-state index contributed by atoms with van der Waals surface area (Å²) in [4.78, 5) is 12.4. The van der Waals surface area contributed by atoms with Gasteiger partial charge in [0.15, 0.2) is 5.82 Å². The first-order valence-electron chi connectivity index (χ1n) is 3.69. The summed E-state index contributed by atoms with van der Waals surface area (Å²) in [5.41, 5.74) is 1.75. The molecule has 0 amide bonds. The lowest BCUT2D eigenvalue weighted by Gasteiger charge is -1.97. The Balaban J connectivity index is 3.01. The van der Waals surface area contributed by atoms with Crippen molar-refractivity contribution >= 4 is 12.0 Å². The number of rotatable bonds is 2. The van der Waals surface area contributed by atoms with Gasteiger partial charge in [-0.15, -0.1) is 0 Å². The van der Waals surface area contributed by atoms with E-state index < -0.39 is 0 Å². The van der Waals surface area contributed by atoms with Crippen LogP contribution in [-0.2, 0) is 0 Å². The van der Waals surface area contributed by atoms with Crippen molar-refractivity contribution in [1.82, 2.24) is 9.97 Å². The van der Waals surface area contributed by atoms with Crippen molar-refractivity contribution in [1.29, 1.82) is 0 Å². The molecule has 1 aromatic rings. The van der Waals surface area contributed by atoms with Crippen molar-refractivity contribution in [2.75, 3.05) is 0 Å². The van der Waals surface area contributed by atoms with Crippen molar-refractivity contribution in [2.45, 2.75) is 13.8 Å². The van der Waals surface area contributed by atoms with Gasteiger partial charge in [0.2, 0.25) is 0 Å². The first-order chi connectivity index (χ1) is 5.74. The third-order valence-electron chi connectivity index (χ3n) is 1.34. The zero-order valence-electron chi connectivity index (χ0n) is 7.28. The van der Waals surface area contributed by atoms with Crippen LogP contribution in [0.25, 0.3) is 0 Å². The van der Waals surface area contributed by atoms with Crippen molar-refractivity contribution in [2.24, 2.45) is 4.99 Å². The van der Waals surface area contributed by atoms with Crippen molar-refractivity contribution in [3.05, 3.63) is 30.2 Å². The van der Waals surface area contributed by atoms with Gasteiger partial charge in [-0.1, -0.05) is 12.7 Å². The first kappa shape index (κ1) is 8.59. The van der Waals surface area contributed by atoms with Crippen LogP contribution in [0, 0.1) is 13.8 Å². The lowest BCUT2D eigenvalue weighted by molar-refractivity contribution is 1.05. The van der Waals surface area contributed by atoms with Gasteiger partial charge in [0.05, 0.1) is 17.6 Å². The maximum absolute atomic E-state index is 4.22. The molecule has 0 N–H and O–H groups in total. The average Bonchev–Trinajstić information content (AvgIpc) is 2.03. The molecule has 0 aliphatic carbocycles. The maximum Gasteiger partial charge on any atom is 0.173 e. The number of hydrogen-bond donors (Lipinski definition) is 0. The van der Waals surface area contributed by atoms with E-state index in [-0.39, 0.29) is 0 Å². The molecule has 12 heavy (non-hydrogen) atoms. The fraction of sp³-hybridized carbons (Fsp3) is 0.222. The molecular formula is C9H11N3. The molecule has 0 saturated heterocycles. The second kappa shape index (κ2) is 3.76. The molecule has 0 radical (unpaired) electrons. The quantitative estimate of drug-likeness (QED) is 0.622. The summed E-state index contributed by atoms with van der Waals surface area (Å²) in [5, 5.41) is 0. The largest absolute Gasteiger partial charge is 0.253 e. The molecule has 0 fully saturated rings. The summed E-state index contributed by atoms with van der Waals surface area (Å²) in [5.74, 6) is 0.653. The molecule has 3 heteroatoms. The van der Waals surface area contributed by atoms with Crippen molar-refractivity contribution in [3.63, 3.8) is 0 Å². The summed E-state index contributed by atoms with van der Waals surface area (Å²) in [7, 11) is 0. The Labute approximate surface area is 71.9 Å². The predicted molar refractivity (Wildman–Crippen MR) is 49.9 cm³/mol. The highest BCUT2D eigenvalue weighted by atomic mass is 14.9. The van der Waals surface area contributed by atoms with Gasteiger partial charge in [-0.2, -0.15) is 0 Å². The van der Waals surface area contributed by atoms with Crippen LogP contribution >= 0.6 is 0 Å². The average molecular weight is 161 g/mol. The van der Waals surface area contributed by atoms with Gasteiger partial charge in [0, 0.05) is 6.21 Å². The topological polar surface area (TPSA) is 38.1 Å². The molecule has 0 bridgehead atoms. The Kier molecular flexibility index (Phi) is 2.69. The van der Waals surface area contributed by atoms with E-state index in [1.807, 2.05) is 13.8 Å². The fourth-order valence-electron chi connectivity index (χ4n) is 0.841. The highest BCUT2D eigenvalue weighted by molar-refractivity contribution is 5.73. The smallest absolute Gasteiger partial charge is 0.173 e. The summed E-state index contributed by atoms with van der Waals surface area (Å²) < 4.78 is 0. The lowest BCUT2D eigenvalue weighted by Crippen LogP contribution is -1.88. The molecule has 0 aliphatic rings. The number of allylic oxidation sites excluding steroid dienone is 1. The van der Waals surface area contributed by atoms with E-state index in [9.17, 15) is 0 Å². The van der Waals surface area contributed by atoms with E-state index in [1.165, 1.54) is 0 Å². The van der Waals surface area contributed by atoms with E-state index in [0.717, 1.165) is 11.4 Å². The third kappa shape index (κ3) is 1.99. The summed E-state index contributed by atoms with van der Waals surface area (Å²) >= 11 is 0. The highest BCUT2D eigenvalue weighted by Gasteiger charge is 1.96. The van der Waals surface area contributed by atoms with Gasteiger partial charge in [0.25, 0.3) is 0 Å². The molecule has 62 valence electrons. The van der Waals surface area contributed by atoms with Gasteiger partial charge in [-0.25, -0.2) is 9.98 Å². The Hall–Kier alpha value is -1.51. The van der Waals surface area contributed by atoms with Crippen LogP contribution in [0.1, 0.15) is 11.4 Å². The van der Waals surface area contributed by atoms with Gasteiger partial charge < -0.3 is 0 Å². The van der Waals surface area contributed by atoms with Crippen molar-refractivity contribution < 1.29 is 0 Å². The van der Waals surface area contributed by atoms with Crippen LogP contribution in [0.2, 0.25) is 0 Å². The molecular weight excluding hydrogens is 150 g/mol. The number of nitrogens with zero attached hydrogens (tertiary/aromatic N) is 3. The minimum absolute atomic E-state index is 0.653. The van der Waals surface area contributed by atoms with Gasteiger partial charge in [-0.05, 0) is 13.8 Å². The molecule has 0 aliphatic heterocycles. The molecule has 3 nitrogen and oxygen atoms in total. The van der Waals surface area contributed by atoms with E-state index in [1.54, 1.807) is 18.5 Å². The monoisotopic (exact) mass is 161 g/mol. The van der Waals surface area contributed by atoms with Gasteiger partial charge >= 0.3 is 0 Å². The Morgan fingerprint density at radius 2 is 2.25 bits per heavy atom. The number of hydrogen-bond acceptors (Lipinski definition) is 3. The van der Waals surface area contributed by atoms with Crippen LogP contribution in [0.5, 0.6) is 0 Å². The van der Waals surface area contributed by atoms with E-state index in [2.05, 4.69) is 21.5 Å². The van der Waals surface area contributed by atoms with Crippen LogP contribution in [0.15, 0.2) is 23.8 Å². The fourth-order valence-corrected chi connectivity index (χ4v) is 0.841.